The second kappa shape index (κ2) is 10.5. The van der Waals surface area contributed by atoms with Gasteiger partial charge in [0.05, 0.1) is 4.90 Å². The van der Waals surface area contributed by atoms with Crippen molar-refractivity contribution in [2.24, 2.45) is 5.41 Å². The average Bonchev–Trinajstić information content (AvgIpc) is 2.77. The first kappa shape index (κ1) is 24.3. The number of ether oxygens (including phenoxy) is 1. The largest absolute Gasteiger partial charge is 0.392 e. The van der Waals surface area contributed by atoms with E-state index in [4.69, 9.17) is 0 Å². The Kier molecular flexibility index (Phi) is 8.02. The van der Waals surface area contributed by atoms with Gasteiger partial charge in [0.2, 0.25) is 15.9 Å². The van der Waals surface area contributed by atoms with E-state index in [0.29, 0.717) is 18.5 Å². The van der Waals surface area contributed by atoms with Gasteiger partial charge in [-0.15, -0.1) is 0 Å². The monoisotopic (exact) mass is 465 g/mol. The molecular formula is C22H31N3O6S. The molecule has 2 heterocycles. The summed E-state index contributed by atoms with van der Waals surface area (Å²) in [6.45, 7) is 4.41. The molecule has 3 rings (SSSR count). The summed E-state index contributed by atoms with van der Waals surface area (Å²) >= 11 is 0. The van der Waals surface area contributed by atoms with Crippen LogP contribution in [0.3, 0.4) is 0 Å². The Hall–Kier alpha value is -2.30. The van der Waals surface area contributed by atoms with Crippen molar-refractivity contribution in [3.63, 3.8) is 0 Å². The Balaban J connectivity index is 1.60. The van der Waals surface area contributed by atoms with E-state index in [9.17, 15) is 22.8 Å². The van der Waals surface area contributed by atoms with Crippen LogP contribution in [0.2, 0.25) is 0 Å². The molecule has 10 heteroatoms. The number of esters is 2. The number of sulfonamides is 1. The van der Waals surface area contributed by atoms with Gasteiger partial charge in [0.25, 0.3) is 0 Å². The maximum Gasteiger partial charge on any atom is 0.331 e. The van der Waals surface area contributed by atoms with Gasteiger partial charge in [0.15, 0.2) is 0 Å². The fourth-order valence-electron chi connectivity index (χ4n) is 4.41. The molecule has 176 valence electrons. The number of carbonyl (C=O) groups is 3. The lowest BCUT2D eigenvalue weighted by molar-refractivity contribution is -0.159. The van der Waals surface area contributed by atoms with Crippen LogP contribution in [0.5, 0.6) is 0 Å². The summed E-state index contributed by atoms with van der Waals surface area (Å²) in [5.74, 6) is -1.99. The van der Waals surface area contributed by atoms with Crippen molar-refractivity contribution in [1.82, 2.24) is 14.9 Å². The molecule has 0 aromatic heterocycles. The van der Waals surface area contributed by atoms with Crippen molar-refractivity contribution in [3.05, 3.63) is 30.3 Å². The number of rotatable bonds is 7. The first-order valence-electron chi connectivity index (χ1n) is 11.0. The Bertz CT molecular complexity index is 918. The zero-order chi connectivity index (χ0) is 23.2. The number of carbonyl (C=O) groups excluding carboxylic acids is 3. The molecule has 1 unspecified atom stereocenters. The number of hydrogen-bond donors (Lipinski definition) is 2. The minimum atomic E-state index is -4.02. The molecule has 1 atom stereocenters. The van der Waals surface area contributed by atoms with Gasteiger partial charge in [0, 0.05) is 26.4 Å². The molecule has 0 aliphatic carbocycles. The number of nitrogens with one attached hydrogen (secondary N) is 2. The van der Waals surface area contributed by atoms with E-state index >= 15 is 0 Å². The van der Waals surface area contributed by atoms with Crippen LogP contribution in [-0.2, 0) is 29.1 Å². The predicted molar refractivity (Wildman–Crippen MR) is 117 cm³/mol. The lowest BCUT2D eigenvalue weighted by Crippen LogP contribution is -2.48. The van der Waals surface area contributed by atoms with Crippen LogP contribution in [0.1, 0.15) is 45.4 Å². The van der Waals surface area contributed by atoms with E-state index in [-0.39, 0.29) is 23.6 Å². The molecule has 1 aromatic rings. The summed E-state index contributed by atoms with van der Waals surface area (Å²) in [4.78, 5) is 38.1. The highest BCUT2D eigenvalue weighted by Gasteiger charge is 2.37. The molecule has 2 fully saturated rings. The van der Waals surface area contributed by atoms with Gasteiger partial charge in [0.1, 0.15) is 6.04 Å². The van der Waals surface area contributed by atoms with Gasteiger partial charge in [-0.25, -0.2) is 13.2 Å². The smallest absolute Gasteiger partial charge is 0.331 e. The minimum Gasteiger partial charge on any atom is -0.392 e. The molecule has 2 N–H and O–H groups in total. The molecule has 2 saturated heterocycles. The molecule has 0 saturated carbocycles. The molecular weight excluding hydrogens is 434 g/mol. The number of nitrogens with zero attached hydrogens (tertiary/aromatic N) is 1. The normalized spacial score (nSPS) is 19.3. The van der Waals surface area contributed by atoms with E-state index in [1.807, 2.05) is 0 Å². The van der Waals surface area contributed by atoms with Crippen LogP contribution in [0.4, 0.5) is 0 Å². The Labute approximate surface area is 188 Å². The van der Waals surface area contributed by atoms with Crippen molar-refractivity contribution >= 4 is 27.9 Å². The molecule has 1 spiro atoms. The van der Waals surface area contributed by atoms with E-state index in [0.717, 1.165) is 45.7 Å². The summed E-state index contributed by atoms with van der Waals surface area (Å²) in [6.07, 6.45) is 4.03. The van der Waals surface area contributed by atoms with Gasteiger partial charge < -0.3 is 15.0 Å². The lowest BCUT2D eigenvalue weighted by atomic mass is 9.71. The molecule has 0 radical (unpaired) electrons. The van der Waals surface area contributed by atoms with Gasteiger partial charge in [-0.05, 0) is 62.7 Å². The standard InChI is InChI=1S/C22H31N3O6S/c1-17(26)31-21(28)19(24-32(29,30)18-5-3-2-4-6-18)7-8-20(27)25-15-11-22(12-16-25)9-13-23-14-10-22/h2-6,19,23-24H,7-16H2,1H3. The summed E-state index contributed by atoms with van der Waals surface area (Å²) in [6, 6.07) is 6.25. The van der Waals surface area contributed by atoms with E-state index in [2.05, 4.69) is 14.8 Å². The van der Waals surface area contributed by atoms with Gasteiger partial charge in [-0.3, -0.25) is 9.59 Å². The summed E-state index contributed by atoms with van der Waals surface area (Å²) in [5.41, 5.74) is 0.307. The molecule has 0 bridgehead atoms. The number of piperidine rings is 2. The lowest BCUT2D eigenvalue weighted by Gasteiger charge is -2.44. The molecule has 9 nitrogen and oxygen atoms in total. The van der Waals surface area contributed by atoms with Crippen LogP contribution in [0, 0.1) is 5.41 Å². The minimum absolute atomic E-state index is 0.0183. The van der Waals surface area contributed by atoms with Gasteiger partial charge in [-0.1, -0.05) is 18.2 Å². The van der Waals surface area contributed by atoms with Crippen LogP contribution in [0.25, 0.3) is 0 Å². The Morgan fingerprint density at radius 2 is 1.72 bits per heavy atom. The van der Waals surface area contributed by atoms with E-state index in [1.165, 1.54) is 12.1 Å². The third kappa shape index (κ3) is 6.36. The van der Waals surface area contributed by atoms with Crippen molar-refractivity contribution < 1.29 is 27.5 Å². The van der Waals surface area contributed by atoms with Crippen molar-refractivity contribution in [1.29, 1.82) is 0 Å². The highest BCUT2D eigenvalue weighted by Crippen LogP contribution is 2.39. The molecule has 32 heavy (non-hydrogen) atoms. The third-order valence-corrected chi connectivity index (χ3v) is 7.86. The van der Waals surface area contributed by atoms with Crippen molar-refractivity contribution in [2.75, 3.05) is 26.2 Å². The predicted octanol–water partition coefficient (Wildman–Crippen LogP) is 1.20. The molecule has 1 aromatic carbocycles. The van der Waals surface area contributed by atoms with E-state index in [1.54, 1.807) is 23.1 Å². The number of likely N-dealkylation sites (tertiary alicyclic amines) is 1. The second-order valence-electron chi connectivity index (χ2n) is 8.57. The number of hydrogen-bond acceptors (Lipinski definition) is 7. The summed E-state index contributed by atoms with van der Waals surface area (Å²) in [7, 11) is -4.02. The average molecular weight is 466 g/mol. The fourth-order valence-corrected chi connectivity index (χ4v) is 5.65. The molecule has 2 aliphatic heterocycles. The molecule has 1 amide bonds. The SMILES string of the molecule is CC(=O)OC(=O)C(CCC(=O)N1CCC2(CCNCC2)CC1)NS(=O)(=O)c1ccccc1. The fraction of sp³-hybridized carbons (Fsp3) is 0.591. The molecule has 2 aliphatic rings. The van der Waals surface area contributed by atoms with Crippen LogP contribution < -0.4 is 10.0 Å². The second-order valence-corrected chi connectivity index (χ2v) is 10.3. The zero-order valence-corrected chi connectivity index (χ0v) is 19.2. The van der Waals surface area contributed by atoms with Crippen LogP contribution >= 0.6 is 0 Å². The maximum atomic E-state index is 12.8. The van der Waals surface area contributed by atoms with Gasteiger partial charge >= 0.3 is 11.9 Å². The zero-order valence-electron chi connectivity index (χ0n) is 18.3. The summed E-state index contributed by atoms with van der Waals surface area (Å²) in [5, 5.41) is 3.37. The third-order valence-electron chi connectivity index (χ3n) is 6.37. The van der Waals surface area contributed by atoms with Crippen molar-refractivity contribution in [3.8, 4) is 0 Å². The topological polar surface area (TPSA) is 122 Å². The van der Waals surface area contributed by atoms with Crippen LogP contribution in [0.15, 0.2) is 35.2 Å². The maximum absolute atomic E-state index is 12.8. The summed E-state index contributed by atoms with van der Waals surface area (Å²) < 4.78 is 32.2. The van der Waals surface area contributed by atoms with Gasteiger partial charge in [-0.2, -0.15) is 4.72 Å². The first-order valence-corrected chi connectivity index (χ1v) is 12.5. The Morgan fingerprint density at radius 1 is 1.09 bits per heavy atom. The quantitative estimate of drug-likeness (QED) is 0.458. The van der Waals surface area contributed by atoms with Crippen LogP contribution in [-0.4, -0.2) is 63.4 Å². The Morgan fingerprint density at radius 3 is 2.31 bits per heavy atom. The number of amides is 1. The first-order chi connectivity index (χ1) is 15.2. The number of benzene rings is 1. The van der Waals surface area contributed by atoms with Crippen molar-refractivity contribution in [2.45, 2.75) is 56.4 Å². The van der Waals surface area contributed by atoms with E-state index < -0.39 is 28.0 Å². The highest BCUT2D eigenvalue weighted by atomic mass is 32.2. The highest BCUT2D eigenvalue weighted by molar-refractivity contribution is 7.89.